The highest BCUT2D eigenvalue weighted by Crippen LogP contribution is 2.24. The molecule has 0 atom stereocenters. The summed E-state index contributed by atoms with van der Waals surface area (Å²) >= 11 is 0. The van der Waals surface area contributed by atoms with Crippen LogP contribution in [0.3, 0.4) is 0 Å². The smallest absolute Gasteiger partial charge is 0.234 e. The molecule has 1 aliphatic rings. The van der Waals surface area contributed by atoms with E-state index in [1.54, 1.807) is 0 Å². The summed E-state index contributed by atoms with van der Waals surface area (Å²) in [5, 5.41) is 2.94. The molecule has 1 saturated heterocycles. The van der Waals surface area contributed by atoms with E-state index >= 15 is 0 Å². The highest BCUT2D eigenvalue weighted by molar-refractivity contribution is 6.04. The summed E-state index contributed by atoms with van der Waals surface area (Å²) in [4.78, 5) is 22.0. The Labute approximate surface area is 70.5 Å². The number of carbonyl (C=O) groups is 2. The van der Waals surface area contributed by atoms with Gasteiger partial charge in [-0.2, -0.15) is 0 Å². The van der Waals surface area contributed by atoms with Gasteiger partial charge in [-0.15, -0.1) is 0 Å². The third kappa shape index (κ3) is 1.27. The van der Waals surface area contributed by atoms with Crippen molar-refractivity contribution >= 4 is 11.8 Å². The number of piperidine rings is 1. The van der Waals surface area contributed by atoms with Crippen molar-refractivity contribution in [2.45, 2.75) is 12.8 Å². The van der Waals surface area contributed by atoms with E-state index in [4.69, 9.17) is 11.5 Å². The van der Waals surface area contributed by atoms with Gasteiger partial charge in [0.25, 0.3) is 0 Å². The summed E-state index contributed by atoms with van der Waals surface area (Å²) in [5.74, 6) is -1.25. The number of nitrogens with two attached hydrogens (primary N) is 2. The highest BCUT2D eigenvalue weighted by atomic mass is 16.2. The van der Waals surface area contributed by atoms with Gasteiger partial charge in [-0.3, -0.25) is 9.59 Å². The van der Waals surface area contributed by atoms with Crippen molar-refractivity contribution in [3.8, 4) is 0 Å². The van der Waals surface area contributed by atoms with E-state index in [0.717, 1.165) is 13.0 Å². The second kappa shape index (κ2) is 3.10. The Morgan fingerprint density at radius 1 is 1.25 bits per heavy atom. The van der Waals surface area contributed by atoms with Gasteiger partial charge >= 0.3 is 0 Å². The predicted octanol–water partition coefficient (Wildman–Crippen LogP) is -1.67. The molecule has 1 heterocycles. The molecule has 5 nitrogen and oxygen atoms in total. The normalized spacial score (nSPS) is 21.7. The summed E-state index contributed by atoms with van der Waals surface area (Å²) in [5.41, 5.74) is 9.09. The summed E-state index contributed by atoms with van der Waals surface area (Å²) in [6.45, 7) is 1.08. The van der Waals surface area contributed by atoms with Crippen molar-refractivity contribution in [3.05, 3.63) is 0 Å². The molecule has 0 bridgehead atoms. The lowest BCUT2D eigenvalue weighted by atomic mass is 9.79. The molecule has 1 fully saturated rings. The first kappa shape index (κ1) is 8.99. The van der Waals surface area contributed by atoms with Gasteiger partial charge in [0.15, 0.2) is 0 Å². The van der Waals surface area contributed by atoms with Crippen molar-refractivity contribution in [1.82, 2.24) is 5.32 Å². The molecule has 0 radical (unpaired) electrons. The van der Waals surface area contributed by atoms with E-state index in [2.05, 4.69) is 5.32 Å². The molecule has 0 spiro atoms. The van der Waals surface area contributed by atoms with Crippen LogP contribution < -0.4 is 16.8 Å². The molecule has 0 aromatic carbocycles. The molecule has 2 amide bonds. The molecule has 68 valence electrons. The molecular weight excluding hydrogens is 158 g/mol. The lowest BCUT2D eigenvalue weighted by Gasteiger charge is -2.31. The van der Waals surface area contributed by atoms with Crippen LogP contribution >= 0.6 is 0 Å². The minimum absolute atomic E-state index is 0.275. The summed E-state index contributed by atoms with van der Waals surface area (Å²) in [6, 6.07) is 0. The van der Waals surface area contributed by atoms with E-state index < -0.39 is 17.2 Å². The van der Waals surface area contributed by atoms with E-state index in [-0.39, 0.29) is 6.54 Å². The summed E-state index contributed by atoms with van der Waals surface area (Å²) in [6.07, 6.45) is 1.22. The molecule has 0 aromatic rings. The topological polar surface area (TPSA) is 98.2 Å². The molecule has 5 heteroatoms. The van der Waals surface area contributed by atoms with Crippen molar-refractivity contribution < 1.29 is 9.59 Å². The average molecular weight is 171 g/mol. The second-order valence-corrected chi connectivity index (χ2v) is 3.09. The van der Waals surface area contributed by atoms with Crippen molar-refractivity contribution in [2.75, 3.05) is 13.1 Å². The number of carbonyl (C=O) groups excluding carboxylic acids is 2. The highest BCUT2D eigenvalue weighted by Gasteiger charge is 2.43. The molecule has 5 N–H and O–H groups in total. The van der Waals surface area contributed by atoms with Gasteiger partial charge in [-0.1, -0.05) is 0 Å². The number of rotatable bonds is 2. The molecular formula is C7H13N3O2. The van der Waals surface area contributed by atoms with Crippen LogP contribution in [0, 0.1) is 5.41 Å². The minimum atomic E-state index is -1.15. The Morgan fingerprint density at radius 3 is 2.08 bits per heavy atom. The lowest BCUT2D eigenvalue weighted by molar-refractivity contribution is -0.140. The number of hydrogen-bond acceptors (Lipinski definition) is 3. The van der Waals surface area contributed by atoms with Crippen molar-refractivity contribution in [2.24, 2.45) is 16.9 Å². The minimum Gasteiger partial charge on any atom is -0.369 e. The predicted molar refractivity (Wildman–Crippen MR) is 42.9 cm³/mol. The van der Waals surface area contributed by atoms with Gasteiger partial charge in [0.05, 0.1) is 0 Å². The van der Waals surface area contributed by atoms with Crippen LogP contribution in [0.2, 0.25) is 0 Å². The zero-order valence-corrected chi connectivity index (χ0v) is 6.80. The van der Waals surface area contributed by atoms with Crippen LogP contribution in [0.25, 0.3) is 0 Å². The standard InChI is InChI=1S/C7H13N3O2/c8-5(11)7(6(9)12)2-1-3-10-4-7/h10H,1-4H2,(H2,8,11)(H2,9,12). The number of nitrogens with one attached hydrogen (secondary N) is 1. The molecule has 1 rings (SSSR count). The van der Waals surface area contributed by atoms with E-state index in [0.29, 0.717) is 6.42 Å². The largest absolute Gasteiger partial charge is 0.369 e. The fourth-order valence-corrected chi connectivity index (χ4v) is 1.45. The van der Waals surface area contributed by atoms with Gasteiger partial charge in [-0.05, 0) is 19.4 Å². The monoisotopic (exact) mass is 171 g/mol. The molecule has 0 saturated carbocycles. The molecule has 0 aromatic heterocycles. The van der Waals surface area contributed by atoms with Gasteiger partial charge in [0, 0.05) is 6.54 Å². The maximum Gasteiger partial charge on any atom is 0.234 e. The zero-order chi connectivity index (χ0) is 9.19. The number of amides is 2. The Balaban J connectivity index is 2.84. The maximum atomic E-state index is 11.0. The van der Waals surface area contributed by atoms with Gasteiger partial charge in [0.1, 0.15) is 5.41 Å². The molecule has 0 unspecified atom stereocenters. The van der Waals surface area contributed by atoms with Crippen LogP contribution in [0.4, 0.5) is 0 Å². The SMILES string of the molecule is NC(=O)C1(C(N)=O)CCCNC1. The van der Waals surface area contributed by atoms with Crippen molar-refractivity contribution in [3.63, 3.8) is 0 Å². The lowest BCUT2D eigenvalue weighted by Crippen LogP contribution is -2.56. The van der Waals surface area contributed by atoms with Crippen molar-refractivity contribution in [1.29, 1.82) is 0 Å². The van der Waals surface area contributed by atoms with E-state index in [1.165, 1.54) is 0 Å². The average Bonchev–Trinajstić information content (AvgIpc) is 2.05. The molecule has 0 aliphatic carbocycles. The van der Waals surface area contributed by atoms with Gasteiger partial charge in [0.2, 0.25) is 11.8 Å². The molecule has 1 aliphatic heterocycles. The Kier molecular flexibility index (Phi) is 2.32. The Hall–Kier alpha value is -1.10. The Bertz CT molecular complexity index is 193. The third-order valence-corrected chi connectivity index (χ3v) is 2.33. The molecule has 12 heavy (non-hydrogen) atoms. The zero-order valence-electron chi connectivity index (χ0n) is 6.80. The quantitative estimate of drug-likeness (QED) is 0.433. The van der Waals surface area contributed by atoms with E-state index in [9.17, 15) is 9.59 Å². The van der Waals surface area contributed by atoms with Crippen LogP contribution in [-0.2, 0) is 9.59 Å². The van der Waals surface area contributed by atoms with Gasteiger partial charge < -0.3 is 16.8 Å². The summed E-state index contributed by atoms with van der Waals surface area (Å²) in [7, 11) is 0. The fraction of sp³-hybridized carbons (Fsp3) is 0.714. The summed E-state index contributed by atoms with van der Waals surface area (Å²) < 4.78 is 0. The van der Waals surface area contributed by atoms with E-state index in [1.807, 2.05) is 0 Å². The fourth-order valence-electron chi connectivity index (χ4n) is 1.45. The van der Waals surface area contributed by atoms with Gasteiger partial charge in [-0.25, -0.2) is 0 Å². The van der Waals surface area contributed by atoms with Crippen LogP contribution in [-0.4, -0.2) is 24.9 Å². The third-order valence-electron chi connectivity index (χ3n) is 2.33. The first-order chi connectivity index (χ1) is 5.59. The second-order valence-electron chi connectivity index (χ2n) is 3.09. The number of primary amides is 2. The first-order valence-electron chi connectivity index (χ1n) is 3.90. The first-order valence-corrected chi connectivity index (χ1v) is 3.90. The van der Waals surface area contributed by atoms with Crippen LogP contribution in [0.15, 0.2) is 0 Å². The maximum absolute atomic E-state index is 11.0. The Morgan fingerprint density at radius 2 is 1.83 bits per heavy atom. The van der Waals surface area contributed by atoms with Crippen LogP contribution in [0.1, 0.15) is 12.8 Å². The number of hydrogen-bond donors (Lipinski definition) is 3. The van der Waals surface area contributed by atoms with Crippen LogP contribution in [0.5, 0.6) is 0 Å².